The number of ether oxygens (including phenoxy) is 2. The maximum absolute atomic E-state index is 12.2. The van der Waals surface area contributed by atoms with Crippen LogP contribution in [0.2, 0.25) is 0 Å². The van der Waals surface area contributed by atoms with Gasteiger partial charge in [-0.25, -0.2) is 0 Å². The van der Waals surface area contributed by atoms with Crippen LogP contribution in [0.5, 0.6) is 11.5 Å². The lowest BCUT2D eigenvalue weighted by atomic mass is 10.2. The van der Waals surface area contributed by atoms with Gasteiger partial charge in [-0.2, -0.15) is 8.78 Å². The second-order valence-electron chi connectivity index (χ2n) is 3.35. The summed E-state index contributed by atoms with van der Waals surface area (Å²) >= 11 is 5.57. The third kappa shape index (κ3) is 4.03. The standard InChI is InChI=1S/C11H12ClF2NO3/c1-6(12)10(16)15-7-3-4-8(17-2)9(5-7)18-11(13)14/h3-6,11H,1-2H3,(H,15,16). The fraction of sp³-hybridized carbons (Fsp3) is 0.364. The Kier molecular flexibility index (Phi) is 5.15. The number of carbonyl (C=O) groups excluding carboxylic acids is 1. The summed E-state index contributed by atoms with van der Waals surface area (Å²) in [6.07, 6.45) is 0. The summed E-state index contributed by atoms with van der Waals surface area (Å²) in [5.41, 5.74) is 0.295. The van der Waals surface area contributed by atoms with Crippen molar-refractivity contribution in [1.29, 1.82) is 0 Å². The number of hydrogen-bond donors (Lipinski definition) is 1. The molecule has 4 nitrogen and oxygen atoms in total. The molecule has 0 saturated carbocycles. The number of nitrogens with one attached hydrogen (secondary N) is 1. The largest absolute Gasteiger partial charge is 0.493 e. The van der Waals surface area contributed by atoms with Crippen LogP contribution in [-0.4, -0.2) is 25.0 Å². The molecule has 0 aromatic heterocycles. The summed E-state index contributed by atoms with van der Waals surface area (Å²) in [4.78, 5) is 11.3. The third-order valence-corrected chi connectivity index (χ3v) is 2.21. The molecule has 0 aliphatic heterocycles. The zero-order valence-electron chi connectivity index (χ0n) is 9.75. The maximum Gasteiger partial charge on any atom is 0.387 e. The van der Waals surface area contributed by atoms with Crippen LogP contribution in [0.15, 0.2) is 18.2 Å². The Hall–Kier alpha value is -1.56. The Bertz CT molecular complexity index is 427. The topological polar surface area (TPSA) is 47.6 Å². The molecule has 1 unspecified atom stereocenters. The lowest BCUT2D eigenvalue weighted by molar-refractivity contribution is -0.115. The van der Waals surface area contributed by atoms with E-state index in [9.17, 15) is 13.6 Å². The normalized spacial score (nSPS) is 12.1. The quantitative estimate of drug-likeness (QED) is 0.843. The molecule has 0 aliphatic carbocycles. The van der Waals surface area contributed by atoms with Gasteiger partial charge >= 0.3 is 6.61 Å². The number of methoxy groups -OCH3 is 1. The molecule has 1 aromatic carbocycles. The molecule has 1 N–H and O–H groups in total. The lowest BCUT2D eigenvalue weighted by Crippen LogP contribution is -2.20. The SMILES string of the molecule is COc1ccc(NC(=O)C(C)Cl)cc1OC(F)F. The third-order valence-electron chi connectivity index (χ3n) is 2.01. The Morgan fingerprint density at radius 2 is 2.06 bits per heavy atom. The van der Waals surface area contributed by atoms with Crippen molar-refractivity contribution in [1.82, 2.24) is 0 Å². The van der Waals surface area contributed by atoms with E-state index in [0.29, 0.717) is 5.69 Å². The van der Waals surface area contributed by atoms with E-state index in [1.165, 1.54) is 32.2 Å². The molecular formula is C11H12ClF2NO3. The van der Waals surface area contributed by atoms with Crippen molar-refractivity contribution >= 4 is 23.2 Å². The van der Waals surface area contributed by atoms with Crippen molar-refractivity contribution < 1.29 is 23.0 Å². The second kappa shape index (κ2) is 6.39. The first-order valence-corrected chi connectivity index (χ1v) is 5.45. The van der Waals surface area contributed by atoms with Gasteiger partial charge in [-0.05, 0) is 19.1 Å². The highest BCUT2D eigenvalue weighted by Crippen LogP contribution is 2.31. The smallest absolute Gasteiger partial charge is 0.387 e. The number of benzene rings is 1. The molecule has 1 rings (SSSR count). The molecular weight excluding hydrogens is 268 g/mol. The van der Waals surface area contributed by atoms with Crippen molar-refractivity contribution in [3.05, 3.63) is 18.2 Å². The summed E-state index contributed by atoms with van der Waals surface area (Å²) in [5.74, 6) is -0.454. The van der Waals surface area contributed by atoms with Gasteiger partial charge < -0.3 is 14.8 Å². The van der Waals surface area contributed by atoms with Gasteiger partial charge in [0.2, 0.25) is 5.91 Å². The van der Waals surface area contributed by atoms with Crippen molar-refractivity contribution in [2.45, 2.75) is 18.9 Å². The van der Waals surface area contributed by atoms with Crippen molar-refractivity contribution in [3.8, 4) is 11.5 Å². The molecule has 1 amide bonds. The average molecular weight is 280 g/mol. The molecule has 0 bridgehead atoms. The van der Waals surface area contributed by atoms with Gasteiger partial charge in [0, 0.05) is 11.8 Å². The monoisotopic (exact) mass is 279 g/mol. The summed E-state index contributed by atoms with van der Waals surface area (Å²) < 4.78 is 33.5. The molecule has 1 atom stereocenters. The van der Waals surface area contributed by atoms with Crippen LogP contribution in [0, 0.1) is 0 Å². The zero-order chi connectivity index (χ0) is 13.7. The van der Waals surface area contributed by atoms with Crippen molar-refractivity contribution in [2.24, 2.45) is 0 Å². The van der Waals surface area contributed by atoms with Gasteiger partial charge in [0.15, 0.2) is 11.5 Å². The van der Waals surface area contributed by atoms with Crippen LogP contribution in [0.25, 0.3) is 0 Å². The number of anilines is 1. The van der Waals surface area contributed by atoms with Crippen LogP contribution < -0.4 is 14.8 Å². The average Bonchev–Trinajstić information content (AvgIpc) is 2.28. The van der Waals surface area contributed by atoms with Crippen LogP contribution in [0.1, 0.15) is 6.92 Å². The van der Waals surface area contributed by atoms with Crippen LogP contribution in [0.4, 0.5) is 14.5 Å². The predicted molar refractivity (Wildman–Crippen MR) is 63.6 cm³/mol. The molecule has 100 valence electrons. The predicted octanol–water partition coefficient (Wildman–Crippen LogP) is 2.86. The minimum atomic E-state index is -2.98. The Labute approximate surface area is 108 Å². The van der Waals surface area contributed by atoms with E-state index in [1.54, 1.807) is 0 Å². The molecule has 0 spiro atoms. The number of amides is 1. The van der Waals surface area contributed by atoms with Gasteiger partial charge in [-0.15, -0.1) is 11.6 Å². The molecule has 18 heavy (non-hydrogen) atoms. The van der Waals surface area contributed by atoms with Gasteiger partial charge in [-0.1, -0.05) is 0 Å². The summed E-state index contributed by atoms with van der Waals surface area (Å²) in [6.45, 7) is -1.48. The first kappa shape index (κ1) is 14.5. The van der Waals surface area contributed by atoms with E-state index in [2.05, 4.69) is 10.1 Å². The molecule has 7 heteroatoms. The van der Waals surface area contributed by atoms with Crippen LogP contribution in [-0.2, 0) is 4.79 Å². The second-order valence-corrected chi connectivity index (χ2v) is 4.00. The molecule has 0 saturated heterocycles. The van der Waals surface area contributed by atoms with Gasteiger partial charge in [-0.3, -0.25) is 4.79 Å². The van der Waals surface area contributed by atoms with E-state index >= 15 is 0 Å². The molecule has 0 radical (unpaired) electrons. The van der Waals surface area contributed by atoms with E-state index in [0.717, 1.165) is 0 Å². The number of rotatable bonds is 5. The molecule has 1 aromatic rings. The first-order chi connectivity index (χ1) is 8.43. The van der Waals surface area contributed by atoms with E-state index in [-0.39, 0.29) is 11.5 Å². The number of carbonyl (C=O) groups is 1. The van der Waals surface area contributed by atoms with Crippen molar-refractivity contribution in [2.75, 3.05) is 12.4 Å². The fourth-order valence-corrected chi connectivity index (χ4v) is 1.24. The van der Waals surface area contributed by atoms with Crippen molar-refractivity contribution in [3.63, 3.8) is 0 Å². The van der Waals surface area contributed by atoms with Crippen LogP contribution in [0.3, 0.4) is 0 Å². The van der Waals surface area contributed by atoms with Crippen LogP contribution >= 0.6 is 11.6 Å². The number of alkyl halides is 3. The van der Waals surface area contributed by atoms with Gasteiger partial charge in [0.25, 0.3) is 0 Å². The minimum Gasteiger partial charge on any atom is -0.493 e. The Morgan fingerprint density at radius 3 is 2.56 bits per heavy atom. The summed E-state index contributed by atoms with van der Waals surface area (Å²) in [6, 6.07) is 4.14. The minimum absolute atomic E-state index is 0.146. The van der Waals surface area contributed by atoms with E-state index < -0.39 is 17.9 Å². The molecule has 0 heterocycles. The highest BCUT2D eigenvalue weighted by atomic mass is 35.5. The first-order valence-electron chi connectivity index (χ1n) is 5.02. The van der Waals surface area contributed by atoms with Gasteiger partial charge in [0.05, 0.1) is 7.11 Å². The van der Waals surface area contributed by atoms with E-state index in [4.69, 9.17) is 16.3 Å². The Balaban J connectivity index is 2.92. The summed E-state index contributed by atoms with van der Waals surface area (Å²) in [5, 5.41) is 1.72. The molecule has 0 fully saturated rings. The lowest BCUT2D eigenvalue weighted by Gasteiger charge is -2.12. The highest BCUT2D eigenvalue weighted by Gasteiger charge is 2.14. The van der Waals surface area contributed by atoms with Gasteiger partial charge in [0.1, 0.15) is 5.38 Å². The molecule has 0 aliphatic rings. The highest BCUT2D eigenvalue weighted by molar-refractivity contribution is 6.32. The zero-order valence-corrected chi connectivity index (χ0v) is 10.5. The Morgan fingerprint density at radius 1 is 1.39 bits per heavy atom. The number of hydrogen-bond acceptors (Lipinski definition) is 3. The summed E-state index contributed by atoms with van der Waals surface area (Å²) in [7, 11) is 1.33. The fourth-order valence-electron chi connectivity index (χ4n) is 1.18. The maximum atomic E-state index is 12.2. The van der Waals surface area contributed by atoms with E-state index in [1.807, 2.05) is 0 Å². The number of halogens is 3.